The van der Waals surface area contributed by atoms with E-state index >= 15 is 0 Å². The number of nitrogens with one attached hydrogen (secondary N) is 1. The molecule has 3 aromatic rings. The number of carbonyl (C=O) groups is 1. The Morgan fingerprint density at radius 3 is 2.62 bits per heavy atom. The molecule has 0 bridgehead atoms. The number of benzene rings is 2. The lowest BCUT2D eigenvalue weighted by atomic mass is 10.1. The van der Waals surface area contributed by atoms with Gasteiger partial charge in [0.25, 0.3) is 0 Å². The Morgan fingerprint density at radius 2 is 1.81 bits per heavy atom. The number of hydrogen-bond donors (Lipinski definition) is 1. The molecule has 0 spiro atoms. The Hall–Kier alpha value is -1.82. The van der Waals surface area contributed by atoms with Crippen LogP contribution in [0.2, 0.25) is 0 Å². The number of furan rings is 1. The summed E-state index contributed by atoms with van der Waals surface area (Å²) < 4.78 is 6.53. The van der Waals surface area contributed by atoms with Gasteiger partial charge in [-0.1, -0.05) is 24.3 Å². The Labute approximate surface area is 136 Å². The predicted molar refractivity (Wildman–Crippen MR) is 90.9 cm³/mol. The molecule has 106 valence electrons. The zero-order chi connectivity index (χ0) is 14.7. The second kappa shape index (κ2) is 6.30. The van der Waals surface area contributed by atoms with Gasteiger partial charge in [-0.2, -0.15) is 0 Å². The summed E-state index contributed by atoms with van der Waals surface area (Å²) in [6.07, 6.45) is 2.07. The van der Waals surface area contributed by atoms with Gasteiger partial charge in [0, 0.05) is 15.5 Å². The van der Waals surface area contributed by atoms with E-state index in [4.69, 9.17) is 4.42 Å². The van der Waals surface area contributed by atoms with Crippen molar-refractivity contribution in [2.24, 2.45) is 0 Å². The van der Waals surface area contributed by atoms with Gasteiger partial charge in [0.05, 0.1) is 12.7 Å². The summed E-state index contributed by atoms with van der Waals surface area (Å²) in [4.78, 5) is 11.9. The van der Waals surface area contributed by atoms with Gasteiger partial charge in [-0.25, -0.2) is 0 Å². The molecule has 1 N–H and O–H groups in total. The standard InChI is InChI=1S/C17H14INO2/c18-15-5-2-12(3-6-15)10-17(20)19-11-13-1-4-14-7-8-21-16(14)9-13/h1-9H,10-11H2,(H,19,20). The maximum atomic E-state index is 11.9. The lowest BCUT2D eigenvalue weighted by Crippen LogP contribution is -2.24. The summed E-state index contributed by atoms with van der Waals surface area (Å²) in [6, 6.07) is 15.9. The Balaban J connectivity index is 1.58. The Morgan fingerprint density at radius 1 is 1.05 bits per heavy atom. The van der Waals surface area contributed by atoms with Crippen molar-refractivity contribution in [1.82, 2.24) is 5.32 Å². The number of rotatable bonds is 4. The third kappa shape index (κ3) is 3.64. The molecule has 0 radical (unpaired) electrons. The first-order valence-electron chi connectivity index (χ1n) is 6.68. The fourth-order valence-electron chi connectivity index (χ4n) is 2.16. The van der Waals surface area contributed by atoms with Gasteiger partial charge in [0.1, 0.15) is 5.58 Å². The van der Waals surface area contributed by atoms with Crippen LogP contribution in [0.5, 0.6) is 0 Å². The van der Waals surface area contributed by atoms with E-state index in [1.54, 1.807) is 6.26 Å². The SMILES string of the molecule is O=C(Cc1ccc(I)cc1)NCc1ccc2ccoc2c1. The fourth-order valence-corrected chi connectivity index (χ4v) is 2.52. The smallest absolute Gasteiger partial charge is 0.224 e. The van der Waals surface area contributed by atoms with Crippen LogP contribution >= 0.6 is 22.6 Å². The molecular formula is C17H14INO2. The number of amides is 1. The largest absolute Gasteiger partial charge is 0.464 e. The van der Waals surface area contributed by atoms with Crippen molar-refractivity contribution in [3.63, 3.8) is 0 Å². The maximum absolute atomic E-state index is 11.9. The van der Waals surface area contributed by atoms with E-state index in [2.05, 4.69) is 27.9 Å². The van der Waals surface area contributed by atoms with E-state index in [1.807, 2.05) is 48.5 Å². The molecule has 2 aromatic carbocycles. The van der Waals surface area contributed by atoms with Crippen LogP contribution in [0.1, 0.15) is 11.1 Å². The lowest BCUT2D eigenvalue weighted by Gasteiger charge is -2.06. The molecule has 0 atom stereocenters. The highest BCUT2D eigenvalue weighted by Gasteiger charge is 2.04. The van der Waals surface area contributed by atoms with Gasteiger partial charge in [-0.3, -0.25) is 4.79 Å². The van der Waals surface area contributed by atoms with E-state index in [9.17, 15) is 4.79 Å². The molecule has 1 aromatic heterocycles. The first-order chi connectivity index (χ1) is 10.2. The van der Waals surface area contributed by atoms with Crippen molar-refractivity contribution in [3.8, 4) is 0 Å². The predicted octanol–water partition coefficient (Wildman–Crippen LogP) is 3.90. The van der Waals surface area contributed by atoms with Crippen LogP contribution < -0.4 is 5.32 Å². The van der Waals surface area contributed by atoms with Crippen molar-refractivity contribution in [3.05, 3.63) is 69.5 Å². The van der Waals surface area contributed by atoms with Crippen molar-refractivity contribution >= 4 is 39.5 Å². The van der Waals surface area contributed by atoms with Gasteiger partial charge in [0.2, 0.25) is 5.91 Å². The molecule has 21 heavy (non-hydrogen) atoms. The minimum absolute atomic E-state index is 0.0238. The molecular weight excluding hydrogens is 377 g/mol. The summed E-state index contributed by atoms with van der Waals surface area (Å²) in [5.41, 5.74) is 2.90. The Kier molecular flexibility index (Phi) is 4.24. The summed E-state index contributed by atoms with van der Waals surface area (Å²) in [7, 11) is 0. The van der Waals surface area contributed by atoms with Crippen LogP contribution in [0, 0.1) is 3.57 Å². The fraction of sp³-hybridized carbons (Fsp3) is 0.118. The third-order valence-electron chi connectivity index (χ3n) is 3.29. The molecule has 3 rings (SSSR count). The maximum Gasteiger partial charge on any atom is 0.224 e. The molecule has 3 nitrogen and oxygen atoms in total. The zero-order valence-electron chi connectivity index (χ0n) is 11.3. The van der Waals surface area contributed by atoms with E-state index in [-0.39, 0.29) is 5.91 Å². The summed E-state index contributed by atoms with van der Waals surface area (Å²) in [5.74, 6) is 0.0238. The summed E-state index contributed by atoms with van der Waals surface area (Å²) in [5, 5.41) is 4.01. The highest BCUT2D eigenvalue weighted by atomic mass is 127. The number of fused-ring (bicyclic) bond motifs is 1. The average molecular weight is 391 g/mol. The van der Waals surface area contributed by atoms with E-state index in [1.165, 1.54) is 3.57 Å². The third-order valence-corrected chi connectivity index (χ3v) is 4.01. The number of halogens is 1. The van der Waals surface area contributed by atoms with E-state index < -0.39 is 0 Å². The molecule has 0 aliphatic carbocycles. The topological polar surface area (TPSA) is 42.2 Å². The molecule has 0 aliphatic heterocycles. The van der Waals surface area contributed by atoms with Crippen LogP contribution in [0.4, 0.5) is 0 Å². The molecule has 1 amide bonds. The molecule has 0 aliphatic rings. The first kappa shape index (κ1) is 14.1. The lowest BCUT2D eigenvalue weighted by molar-refractivity contribution is -0.120. The average Bonchev–Trinajstić information content (AvgIpc) is 2.95. The quantitative estimate of drug-likeness (QED) is 0.686. The van der Waals surface area contributed by atoms with Gasteiger partial charge in [-0.05, 0) is 58.0 Å². The van der Waals surface area contributed by atoms with Crippen molar-refractivity contribution in [1.29, 1.82) is 0 Å². The summed E-state index contributed by atoms with van der Waals surface area (Å²) in [6.45, 7) is 0.514. The van der Waals surface area contributed by atoms with E-state index in [0.717, 1.165) is 22.1 Å². The molecule has 4 heteroatoms. The monoisotopic (exact) mass is 391 g/mol. The molecule has 1 heterocycles. The van der Waals surface area contributed by atoms with Crippen LogP contribution in [0.25, 0.3) is 11.0 Å². The van der Waals surface area contributed by atoms with Crippen molar-refractivity contribution in [2.45, 2.75) is 13.0 Å². The van der Waals surface area contributed by atoms with Crippen LogP contribution in [0.15, 0.2) is 59.2 Å². The molecule has 0 saturated carbocycles. The van der Waals surface area contributed by atoms with Gasteiger partial charge >= 0.3 is 0 Å². The van der Waals surface area contributed by atoms with Gasteiger partial charge in [-0.15, -0.1) is 0 Å². The minimum atomic E-state index is 0.0238. The van der Waals surface area contributed by atoms with E-state index in [0.29, 0.717) is 13.0 Å². The molecule has 0 unspecified atom stereocenters. The molecule has 0 saturated heterocycles. The molecule has 0 fully saturated rings. The second-order valence-electron chi connectivity index (χ2n) is 4.87. The van der Waals surface area contributed by atoms with Crippen LogP contribution in [0.3, 0.4) is 0 Å². The number of hydrogen-bond acceptors (Lipinski definition) is 2. The number of carbonyl (C=O) groups excluding carboxylic acids is 1. The van der Waals surface area contributed by atoms with Crippen LogP contribution in [-0.4, -0.2) is 5.91 Å². The van der Waals surface area contributed by atoms with Crippen LogP contribution in [-0.2, 0) is 17.8 Å². The minimum Gasteiger partial charge on any atom is -0.464 e. The van der Waals surface area contributed by atoms with Crippen molar-refractivity contribution in [2.75, 3.05) is 0 Å². The van der Waals surface area contributed by atoms with Gasteiger partial charge < -0.3 is 9.73 Å². The van der Waals surface area contributed by atoms with Gasteiger partial charge in [0.15, 0.2) is 0 Å². The first-order valence-corrected chi connectivity index (χ1v) is 7.76. The highest BCUT2D eigenvalue weighted by Crippen LogP contribution is 2.16. The Bertz CT molecular complexity index is 762. The van der Waals surface area contributed by atoms with Crippen molar-refractivity contribution < 1.29 is 9.21 Å². The highest BCUT2D eigenvalue weighted by molar-refractivity contribution is 14.1. The zero-order valence-corrected chi connectivity index (χ0v) is 13.5. The summed E-state index contributed by atoms with van der Waals surface area (Å²) >= 11 is 2.25. The second-order valence-corrected chi connectivity index (χ2v) is 6.12. The normalized spacial score (nSPS) is 10.7.